The van der Waals surface area contributed by atoms with Gasteiger partial charge in [-0.25, -0.2) is 0 Å². The maximum absolute atomic E-state index is 11.9. The summed E-state index contributed by atoms with van der Waals surface area (Å²) in [6, 6.07) is 10.5. The molecule has 0 unspecified atom stereocenters. The second-order valence-electron chi connectivity index (χ2n) is 4.61. The Bertz CT molecular complexity index is 595. The van der Waals surface area contributed by atoms with Gasteiger partial charge >= 0.3 is 0 Å². The van der Waals surface area contributed by atoms with E-state index >= 15 is 0 Å². The highest BCUT2D eigenvalue weighted by Gasteiger charge is 2.11. The fourth-order valence-electron chi connectivity index (χ4n) is 2.02. The lowest BCUT2D eigenvalue weighted by atomic mass is 10.1. The lowest BCUT2D eigenvalue weighted by Crippen LogP contribution is -2.25. The molecule has 0 aliphatic carbocycles. The van der Waals surface area contributed by atoms with Gasteiger partial charge in [0.25, 0.3) is 5.91 Å². The second-order valence-corrected chi connectivity index (χ2v) is 5.05. The summed E-state index contributed by atoms with van der Waals surface area (Å²) in [5, 5.41) is 13.3. The zero-order valence-electron chi connectivity index (χ0n) is 11.2. The van der Waals surface area contributed by atoms with Gasteiger partial charge in [0.15, 0.2) is 0 Å². The topological polar surface area (TPSA) is 54.3 Å². The molecular weight excluding hydrogens is 276 g/mol. The number of aliphatic hydroxyl groups excluding tert-OH is 1. The molecule has 1 amide bonds. The number of hydrogen-bond donors (Lipinski definition) is 2. The molecule has 2 rings (SSSR count). The predicted octanol–water partition coefficient (Wildman–Crippen LogP) is 2.53. The lowest BCUT2D eigenvalue weighted by Gasteiger charge is -2.12. The Morgan fingerprint density at radius 3 is 2.85 bits per heavy atom. The number of aryl methyl sites for hydroxylation is 1. The van der Waals surface area contributed by atoms with Crippen LogP contribution >= 0.6 is 11.6 Å². The minimum absolute atomic E-state index is 0.188. The second kappa shape index (κ2) is 6.59. The van der Waals surface area contributed by atoms with Gasteiger partial charge in [-0.1, -0.05) is 17.7 Å². The van der Waals surface area contributed by atoms with E-state index in [9.17, 15) is 9.90 Å². The number of benzene rings is 1. The summed E-state index contributed by atoms with van der Waals surface area (Å²) in [4.78, 5) is 11.9. The standard InChI is InChI=1S/C15H17ClN2O2/c1-18-9-3-6-13(18)14(19)7-8-17-15(20)11-4-2-5-12(16)10-11/h2-6,9-10,14,19H,7-8H2,1H3,(H,17,20)/t14-/m1/s1. The van der Waals surface area contributed by atoms with Gasteiger partial charge in [-0.3, -0.25) is 4.79 Å². The smallest absolute Gasteiger partial charge is 0.251 e. The number of nitrogens with zero attached hydrogens (tertiary/aromatic N) is 1. The highest BCUT2D eigenvalue weighted by Crippen LogP contribution is 2.16. The molecule has 0 saturated heterocycles. The Balaban J connectivity index is 1.84. The number of amides is 1. The summed E-state index contributed by atoms with van der Waals surface area (Å²) in [5.74, 6) is -0.188. The highest BCUT2D eigenvalue weighted by atomic mass is 35.5. The number of aliphatic hydroxyl groups is 1. The van der Waals surface area contributed by atoms with Crippen LogP contribution in [0.5, 0.6) is 0 Å². The maximum Gasteiger partial charge on any atom is 0.251 e. The molecule has 2 N–H and O–H groups in total. The molecule has 1 aromatic heterocycles. The van der Waals surface area contributed by atoms with E-state index in [1.54, 1.807) is 24.3 Å². The molecule has 20 heavy (non-hydrogen) atoms. The average Bonchev–Trinajstić information content (AvgIpc) is 2.85. The van der Waals surface area contributed by atoms with Gasteiger partial charge in [-0.15, -0.1) is 0 Å². The van der Waals surface area contributed by atoms with E-state index in [1.807, 2.05) is 29.9 Å². The molecule has 1 heterocycles. The first-order valence-corrected chi connectivity index (χ1v) is 6.79. The molecule has 1 atom stereocenters. The van der Waals surface area contributed by atoms with E-state index in [0.717, 1.165) is 5.69 Å². The van der Waals surface area contributed by atoms with Crippen LogP contribution in [0.15, 0.2) is 42.6 Å². The van der Waals surface area contributed by atoms with Crippen LogP contribution in [0.2, 0.25) is 5.02 Å². The van der Waals surface area contributed by atoms with Crippen molar-refractivity contribution in [2.24, 2.45) is 7.05 Å². The Morgan fingerprint density at radius 2 is 2.20 bits per heavy atom. The first-order valence-electron chi connectivity index (χ1n) is 6.41. The van der Waals surface area contributed by atoms with Crippen molar-refractivity contribution < 1.29 is 9.90 Å². The number of nitrogens with one attached hydrogen (secondary N) is 1. The Morgan fingerprint density at radius 1 is 1.40 bits per heavy atom. The van der Waals surface area contributed by atoms with E-state index in [4.69, 9.17) is 11.6 Å². The first-order chi connectivity index (χ1) is 9.58. The van der Waals surface area contributed by atoms with Gasteiger partial charge in [0, 0.05) is 36.1 Å². The highest BCUT2D eigenvalue weighted by molar-refractivity contribution is 6.30. The van der Waals surface area contributed by atoms with Crippen LogP contribution in [-0.4, -0.2) is 22.1 Å². The fourth-order valence-corrected chi connectivity index (χ4v) is 2.21. The van der Waals surface area contributed by atoms with Crippen molar-refractivity contribution in [1.82, 2.24) is 9.88 Å². The van der Waals surface area contributed by atoms with E-state index < -0.39 is 6.10 Å². The molecule has 2 aromatic rings. The predicted molar refractivity (Wildman–Crippen MR) is 78.8 cm³/mol. The molecule has 0 aliphatic rings. The van der Waals surface area contributed by atoms with Crippen LogP contribution in [0.1, 0.15) is 28.6 Å². The summed E-state index contributed by atoms with van der Waals surface area (Å²) >= 11 is 5.84. The molecule has 0 fully saturated rings. The van der Waals surface area contributed by atoms with Crippen molar-refractivity contribution in [3.8, 4) is 0 Å². The van der Waals surface area contributed by atoms with Gasteiger partial charge in [0.2, 0.25) is 0 Å². The SMILES string of the molecule is Cn1cccc1[C@H](O)CCNC(=O)c1cccc(Cl)c1. The van der Waals surface area contributed by atoms with Crippen LogP contribution in [0, 0.1) is 0 Å². The van der Waals surface area contributed by atoms with Gasteiger partial charge in [0.05, 0.1) is 6.10 Å². The van der Waals surface area contributed by atoms with Crippen molar-refractivity contribution in [3.63, 3.8) is 0 Å². The summed E-state index contributed by atoms with van der Waals surface area (Å²) < 4.78 is 1.86. The Kier molecular flexibility index (Phi) is 4.82. The van der Waals surface area contributed by atoms with E-state index in [2.05, 4.69) is 5.32 Å². The quantitative estimate of drug-likeness (QED) is 0.890. The molecule has 1 aromatic carbocycles. The van der Waals surface area contributed by atoms with E-state index in [0.29, 0.717) is 23.6 Å². The van der Waals surface area contributed by atoms with Crippen molar-refractivity contribution >= 4 is 17.5 Å². The van der Waals surface area contributed by atoms with Crippen molar-refractivity contribution in [3.05, 3.63) is 58.9 Å². The van der Waals surface area contributed by atoms with Crippen LogP contribution in [0.4, 0.5) is 0 Å². The molecule has 0 radical (unpaired) electrons. The van der Waals surface area contributed by atoms with E-state index in [1.165, 1.54) is 0 Å². The third-order valence-corrected chi connectivity index (χ3v) is 3.35. The summed E-state index contributed by atoms with van der Waals surface area (Å²) in [5.41, 5.74) is 1.35. The third-order valence-electron chi connectivity index (χ3n) is 3.12. The zero-order valence-corrected chi connectivity index (χ0v) is 12.0. The number of halogens is 1. The van der Waals surface area contributed by atoms with Crippen molar-refractivity contribution in [1.29, 1.82) is 0 Å². The van der Waals surface area contributed by atoms with Gasteiger partial charge in [-0.2, -0.15) is 0 Å². The minimum atomic E-state index is -0.588. The van der Waals surface area contributed by atoms with Crippen LogP contribution < -0.4 is 5.32 Å². The Labute approximate surface area is 123 Å². The van der Waals surface area contributed by atoms with Crippen molar-refractivity contribution in [2.75, 3.05) is 6.54 Å². The number of rotatable bonds is 5. The maximum atomic E-state index is 11.9. The molecule has 4 nitrogen and oxygen atoms in total. The molecule has 0 aliphatic heterocycles. The monoisotopic (exact) mass is 292 g/mol. The third kappa shape index (κ3) is 3.62. The van der Waals surface area contributed by atoms with Crippen LogP contribution in [0.3, 0.4) is 0 Å². The largest absolute Gasteiger partial charge is 0.387 e. The molecule has 0 spiro atoms. The molecule has 0 bridgehead atoms. The molecular formula is C15H17ClN2O2. The number of carbonyl (C=O) groups excluding carboxylic acids is 1. The summed E-state index contributed by atoms with van der Waals surface area (Å²) in [7, 11) is 1.88. The van der Waals surface area contributed by atoms with Gasteiger partial charge < -0.3 is 15.0 Å². The first kappa shape index (κ1) is 14.6. The average molecular weight is 293 g/mol. The minimum Gasteiger partial charge on any atom is -0.387 e. The number of hydrogen-bond acceptors (Lipinski definition) is 2. The molecule has 106 valence electrons. The normalized spacial score (nSPS) is 12.2. The number of aromatic nitrogens is 1. The van der Waals surface area contributed by atoms with E-state index in [-0.39, 0.29) is 5.91 Å². The summed E-state index contributed by atoms with van der Waals surface area (Å²) in [6.07, 6.45) is 1.75. The Hall–Kier alpha value is -1.78. The molecule has 5 heteroatoms. The number of carbonyl (C=O) groups is 1. The van der Waals surface area contributed by atoms with Gasteiger partial charge in [0.1, 0.15) is 0 Å². The molecule has 0 saturated carbocycles. The van der Waals surface area contributed by atoms with Crippen molar-refractivity contribution in [2.45, 2.75) is 12.5 Å². The van der Waals surface area contributed by atoms with Gasteiger partial charge in [-0.05, 0) is 36.8 Å². The van der Waals surface area contributed by atoms with Crippen LogP contribution in [-0.2, 0) is 7.05 Å². The fraction of sp³-hybridized carbons (Fsp3) is 0.267. The zero-order chi connectivity index (χ0) is 14.5. The summed E-state index contributed by atoms with van der Waals surface area (Å²) in [6.45, 7) is 0.400. The van der Waals surface area contributed by atoms with Crippen LogP contribution in [0.25, 0.3) is 0 Å². The lowest BCUT2D eigenvalue weighted by molar-refractivity contribution is 0.0941.